The quantitative estimate of drug-likeness (QED) is 0.574. The van der Waals surface area contributed by atoms with E-state index in [9.17, 15) is 4.79 Å². The van der Waals surface area contributed by atoms with Crippen molar-refractivity contribution in [1.29, 1.82) is 0 Å². The lowest BCUT2D eigenvalue weighted by Crippen LogP contribution is -2.01. The molecule has 0 saturated heterocycles. The number of benzene rings is 1. The lowest BCUT2D eigenvalue weighted by molar-refractivity contribution is -0.132. The van der Waals surface area contributed by atoms with Gasteiger partial charge in [0.1, 0.15) is 17.7 Å². The van der Waals surface area contributed by atoms with Crippen LogP contribution in [0.5, 0.6) is 11.5 Å². The second-order valence-electron chi connectivity index (χ2n) is 3.17. The van der Waals surface area contributed by atoms with Gasteiger partial charge in [-0.1, -0.05) is 0 Å². The monoisotopic (exact) mass is 237 g/mol. The molecule has 0 fully saturated rings. The Morgan fingerprint density at radius 2 is 2.06 bits per heavy atom. The van der Waals surface area contributed by atoms with Gasteiger partial charge in [-0.15, -0.1) is 0 Å². The molecule has 0 N–H and O–H groups in total. The number of esters is 1. The van der Waals surface area contributed by atoms with E-state index < -0.39 is 5.97 Å². The number of hydrogen-bond acceptors (Lipinski definition) is 5. The van der Waals surface area contributed by atoms with Crippen LogP contribution in [-0.2, 0) is 16.1 Å². The highest BCUT2D eigenvalue weighted by Gasteiger charge is 2.04. The molecule has 0 heterocycles. The zero-order chi connectivity index (χ0) is 12.7. The SMILES string of the molecule is COC(=O)C=NCc1ccc(OC)cc1OC. The van der Waals surface area contributed by atoms with Gasteiger partial charge < -0.3 is 14.2 Å². The maximum Gasteiger partial charge on any atom is 0.348 e. The summed E-state index contributed by atoms with van der Waals surface area (Å²) < 4.78 is 14.7. The van der Waals surface area contributed by atoms with Gasteiger partial charge in [-0.25, -0.2) is 4.79 Å². The Kier molecular flexibility index (Phi) is 5.00. The standard InChI is InChI=1S/C12H15NO4/c1-15-10-5-4-9(11(6-10)16-2)7-13-8-12(14)17-3/h4-6,8H,7H2,1-3H3. The first-order chi connectivity index (χ1) is 8.21. The molecule has 0 saturated carbocycles. The summed E-state index contributed by atoms with van der Waals surface area (Å²) in [7, 11) is 4.47. The third-order valence-electron chi connectivity index (χ3n) is 2.15. The van der Waals surface area contributed by atoms with Crippen molar-refractivity contribution in [3.05, 3.63) is 23.8 Å². The van der Waals surface area contributed by atoms with Crippen molar-refractivity contribution < 1.29 is 19.0 Å². The van der Waals surface area contributed by atoms with E-state index in [1.807, 2.05) is 12.1 Å². The average Bonchev–Trinajstić information content (AvgIpc) is 2.38. The highest BCUT2D eigenvalue weighted by molar-refractivity contribution is 6.23. The molecular weight excluding hydrogens is 222 g/mol. The lowest BCUT2D eigenvalue weighted by Gasteiger charge is -2.08. The highest BCUT2D eigenvalue weighted by atomic mass is 16.5. The Bertz CT molecular complexity index is 415. The largest absolute Gasteiger partial charge is 0.497 e. The van der Waals surface area contributed by atoms with Gasteiger partial charge in [-0.05, 0) is 12.1 Å². The van der Waals surface area contributed by atoms with Gasteiger partial charge in [0.25, 0.3) is 0 Å². The number of methoxy groups -OCH3 is 3. The van der Waals surface area contributed by atoms with E-state index in [0.29, 0.717) is 18.0 Å². The normalized spacial score (nSPS) is 10.3. The summed E-state index contributed by atoms with van der Waals surface area (Å²) in [4.78, 5) is 14.8. The molecule has 0 radical (unpaired) electrons. The van der Waals surface area contributed by atoms with Crippen LogP contribution in [0.3, 0.4) is 0 Å². The van der Waals surface area contributed by atoms with Crippen LogP contribution in [0.1, 0.15) is 5.56 Å². The molecule has 0 aliphatic carbocycles. The summed E-state index contributed by atoms with van der Waals surface area (Å²) in [6.45, 7) is 0.349. The third kappa shape index (κ3) is 3.79. The zero-order valence-electron chi connectivity index (χ0n) is 10.1. The minimum Gasteiger partial charge on any atom is -0.497 e. The van der Waals surface area contributed by atoms with Crippen molar-refractivity contribution in [1.82, 2.24) is 0 Å². The number of carbonyl (C=O) groups is 1. The van der Waals surface area contributed by atoms with Gasteiger partial charge in [-0.3, -0.25) is 4.99 Å². The highest BCUT2D eigenvalue weighted by Crippen LogP contribution is 2.24. The number of aliphatic imine (C=N–C) groups is 1. The van der Waals surface area contributed by atoms with Gasteiger partial charge in [0.2, 0.25) is 0 Å². The number of rotatable bonds is 5. The van der Waals surface area contributed by atoms with Crippen LogP contribution >= 0.6 is 0 Å². The molecule has 1 rings (SSSR count). The molecule has 5 nitrogen and oxygen atoms in total. The molecule has 1 aromatic carbocycles. The van der Waals surface area contributed by atoms with E-state index in [0.717, 1.165) is 11.8 Å². The van der Waals surface area contributed by atoms with Crippen molar-refractivity contribution in [2.24, 2.45) is 4.99 Å². The Morgan fingerprint density at radius 3 is 2.65 bits per heavy atom. The summed E-state index contributed by atoms with van der Waals surface area (Å²) >= 11 is 0. The first-order valence-electron chi connectivity index (χ1n) is 5.00. The first-order valence-corrected chi connectivity index (χ1v) is 5.00. The van der Waals surface area contributed by atoms with Crippen molar-refractivity contribution in [2.75, 3.05) is 21.3 Å². The van der Waals surface area contributed by atoms with E-state index in [1.165, 1.54) is 7.11 Å². The molecule has 5 heteroatoms. The molecule has 0 aliphatic rings. The maximum absolute atomic E-state index is 10.8. The summed E-state index contributed by atoms with van der Waals surface area (Å²) in [5, 5.41) is 0. The first kappa shape index (κ1) is 13.0. The van der Waals surface area contributed by atoms with E-state index in [1.54, 1.807) is 20.3 Å². The van der Waals surface area contributed by atoms with Crippen LogP contribution in [0.2, 0.25) is 0 Å². The fraction of sp³-hybridized carbons (Fsp3) is 0.333. The van der Waals surface area contributed by atoms with Crippen LogP contribution in [0, 0.1) is 0 Å². The molecule has 0 atom stereocenters. The Hall–Kier alpha value is -2.04. The molecule has 1 aromatic rings. The summed E-state index contributed by atoms with van der Waals surface area (Å²) in [5.74, 6) is 0.909. The number of ether oxygens (including phenoxy) is 3. The van der Waals surface area contributed by atoms with Crippen molar-refractivity contribution in [3.8, 4) is 11.5 Å². The number of nitrogens with zero attached hydrogens (tertiary/aromatic N) is 1. The van der Waals surface area contributed by atoms with Gasteiger partial charge >= 0.3 is 5.97 Å². The van der Waals surface area contributed by atoms with Crippen LogP contribution < -0.4 is 9.47 Å². The zero-order valence-corrected chi connectivity index (χ0v) is 10.1. The Labute approximate surface area is 100 Å². The van der Waals surface area contributed by atoms with Gasteiger partial charge in [-0.2, -0.15) is 0 Å². The molecule has 0 bridgehead atoms. The predicted molar refractivity (Wildman–Crippen MR) is 63.8 cm³/mol. The second kappa shape index (κ2) is 6.52. The lowest BCUT2D eigenvalue weighted by atomic mass is 10.2. The van der Waals surface area contributed by atoms with Crippen LogP contribution in [0.4, 0.5) is 0 Å². The van der Waals surface area contributed by atoms with Gasteiger partial charge in [0.15, 0.2) is 0 Å². The third-order valence-corrected chi connectivity index (χ3v) is 2.15. The minimum absolute atomic E-state index is 0.349. The predicted octanol–water partition coefficient (Wildman–Crippen LogP) is 1.45. The molecule has 0 unspecified atom stereocenters. The fourth-order valence-corrected chi connectivity index (χ4v) is 1.25. The van der Waals surface area contributed by atoms with Gasteiger partial charge in [0, 0.05) is 11.6 Å². The minimum atomic E-state index is -0.475. The smallest absolute Gasteiger partial charge is 0.348 e. The number of hydrogen-bond donors (Lipinski definition) is 0. The van der Waals surface area contributed by atoms with Crippen molar-refractivity contribution >= 4 is 12.2 Å². The molecule has 17 heavy (non-hydrogen) atoms. The average molecular weight is 237 g/mol. The Balaban J connectivity index is 2.77. The van der Waals surface area contributed by atoms with E-state index >= 15 is 0 Å². The molecule has 0 aromatic heterocycles. The van der Waals surface area contributed by atoms with E-state index in [-0.39, 0.29) is 0 Å². The van der Waals surface area contributed by atoms with E-state index in [2.05, 4.69) is 9.73 Å². The van der Waals surface area contributed by atoms with Crippen LogP contribution in [0.15, 0.2) is 23.2 Å². The van der Waals surface area contributed by atoms with Crippen molar-refractivity contribution in [3.63, 3.8) is 0 Å². The topological polar surface area (TPSA) is 57.1 Å². The second-order valence-corrected chi connectivity index (χ2v) is 3.17. The maximum atomic E-state index is 10.8. The van der Waals surface area contributed by atoms with Crippen LogP contribution in [0.25, 0.3) is 0 Å². The molecule has 0 amide bonds. The molecule has 0 spiro atoms. The fourth-order valence-electron chi connectivity index (χ4n) is 1.25. The molecule has 0 aliphatic heterocycles. The number of carbonyl (C=O) groups excluding carboxylic acids is 1. The summed E-state index contributed by atoms with van der Waals surface area (Å²) in [5.41, 5.74) is 0.869. The summed E-state index contributed by atoms with van der Waals surface area (Å²) in [6, 6.07) is 5.42. The summed E-state index contributed by atoms with van der Waals surface area (Å²) in [6.07, 6.45) is 1.14. The Morgan fingerprint density at radius 1 is 1.29 bits per heavy atom. The van der Waals surface area contributed by atoms with E-state index in [4.69, 9.17) is 9.47 Å². The molecular formula is C12H15NO4. The molecule has 92 valence electrons. The van der Waals surface area contributed by atoms with Crippen LogP contribution in [-0.4, -0.2) is 33.5 Å². The van der Waals surface area contributed by atoms with Crippen molar-refractivity contribution in [2.45, 2.75) is 6.54 Å². The van der Waals surface area contributed by atoms with Gasteiger partial charge in [0.05, 0.1) is 27.9 Å².